The Morgan fingerprint density at radius 2 is 1.60 bits per heavy atom. The fourth-order valence-corrected chi connectivity index (χ4v) is 5.09. The number of methoxy groups -OCH3 is 2. The molecule has 3 rings (SSSR count). The number of benzene rings is 3. The molecule has 0 bridgehead atoms. The lowest BCUT2D eigenvalue weighted by molar-refractivity contribution is -0.119. The van der Waals surface area contributed by atoms with E-state index in [1.54, 1.807) is 56.7 Å². The van der Waals surface area contributed by atoms with E-state index in [0.29, 0.717) is 30.2 Å². The van der Waals surface area contributed by atoms with Crippen molar-refractivity contribution >= 4 is 21.6 Å². The Morgan fingerprint density at radius 1 is 0.886 bits per heavy atom. The van der Waals surface area contributed by atoms with Crippen LogP contribution >= 0.6 is 0 Å². The molecule has 3 aromatic rings. The minimum Gasteiger partial charge on any atom is -0.493 e. The zero-order chi connectivity index (χ0) is 25.4. The van der Waals surface area contributed by atoms with Crippen LogP contribution in [0.25, 0.3) is 0 Å². The number of amides is 1. The molecule has 0 unspecified atom stereocenters. The number of carbonyl (C=O) groups is 1. The predicted molar refractivity (Wildman–Crippen MR) is 138 cm³/mol. The first-order valence-corrected chi connectivity index (χ1v) is 12.8. The van der Waals surface area contributed by atoms with Gasteiger partial charge in [-0.2, -0.15) is 0 Å². The molecule has 0 spiro atoms. The summed E-state index contributed by atoms with van der Waals surface area (Å²) in [5.74, 6) is 0.953. The molecular weight excluding hydrogens is 464 g/mol. The molecule has 1 amide bonds. The second-order valence-electron chi connectivity index (χ2n) is 8.31. The molecular formula is C27H32N2O5S. The summed E-state index contributed by atoms with van der Waals surface area (Å²) in [6.45, 7) is 3.88. The van der Waals surface area contributed by atoms with Crippen LogP contribution in [0.3, 0.4) is 0 Å². The van der Waals surface area contributed by atoms with Crippen molar-refractivity contribution in [3.05, 3.63) is 83.4 Å². The molecule has 0 fully saturated rings. The maximum absolute atomic E-state index is 13.4. The van der Waals surface area contributed by atoms with Gasteiger partial charge in [0.2, 0.25) is 5.91 Å². The molecule has 7 nitrogen and oxygen atoms in total. The summed E-state index contributed by atoms with van der Waals surface area (Å²) in [5, 5.41) is 2.85. The highest BCUT2D eigenvalue weighted by Gasteiger charge is 2.27. The number of carbonyl (C=O) groups excluding carboxylic acids is 1. The van der Waals surface area contributed by atoms with E-state index < -0.39 is 10.0 Å². The number of ether oxygens (including phenoxy) is 2. The van der Waals surface area contributed by atoms with E-state index in [-0.39, 0.29) is 17.3 Å². The summed E-state index contributed by atoms with van der Waals surface area (Å²) in [7, 11) is -0.745. The topological polar surface area (TPSA) is 84.9 Å². The quantitative estimate of drug-likeness (QED) is 0.401. The van der Waals surface area contributed by atoms with Gasteiger partial charge < -0.3 is 14.8 Å². The second kappa shape index (κ2) is 11.8. The lowest BCUT2D eigenvalue weighted by Gasteiger charge is -2.24. The fourth-order valence-electron chi connectivity index (χ4n) is 3.68. The molecule has 0 aromatic heterocycles. The maximum Gasteiger partial charge on any atom is 0.264 e. The summed E-state index contributed by atoms with van der Waals surface area (Å²) in [6.07, 6.45) is 1.42. The Kier molecular flexibility index (Phi) is 8.76. The van der Waals surface area contributed by atoms with Gasteiger partial charge in [-0.25, -0.2) is 8.42 Å². The van der Waals surface area contributed by atoms with Gasteiger partial charge in [0, 0.05) is 6.54 Å². The van der Waals surface area contributed by atoms with Crippen LogP contribution in [0.5, 0.6) is 11.5 Å². The molecule has 0 heterocycles. The van der Waals surface area contributed by atoms with Crippen molar-refractivity contribution in [2.75, 3.05) is 31.6 Å². The van der Waals surface area contributed by atoms with E-state index in [2.05, 4.69) is 5.32 Å². The first-order chi connectivity index (χ1) is 16.7. The van der Waals surface area contributed by atoms with Gasteiger partial charge in [0.15, 0.2) is 11.5 Å². The lowest BCUT2D eigenvalue weighted by atomic mass is 10.1. The normalized spacial score (nSPS) is 11.1. The number of nitrogens with zero attached hydrogens (tertiary/aromatic N) is 1. The Hall–Kier alpha value is -3.52. The Morgan fingerprint density at radius 3 is 2.26 bits per heavy atom. The van der Waals surface area contributed by atoms with Crippen molar-refractivity contribution < 1.29 is 22.7 Å². The number of hydrogen-bond acceptors (Lipinski definition) is 5. The minimum absolute atomic E-state index is 0.144. The molecule has 0 atom stereocenters. The van der Waals surface area contributed by atoms with Crippen molar-refractivity contribution in [1.82, 2.24) is 5.32 Å². The van der Waals surface area contributed by atoms with Crippen molar-refractivity contribution in [2.45, 2.75) is 31.6 Å². The van der Waals surface area contributed by atoms with Crippen LogP contribution in [0.1, 0.15) is 23.1 Å². The summed E-state index contributed by atoms with van der Waals surface area (Å²) in [4.78, 5) is 12.9. The van der Waals surface area contributed by atoms with Gasteiger partial charge in [-0.3, -0.25) is 9.10 Å². The maximum atomic E-state index is 13.4. The van der Waals surface area contributed by atoms with Crippen molar-refractivity contribution in [3.8, 4) is 11.5 Å². The molecule has 0 aliphatic heterocycles. The van der Waals surface area contributed by atoms with Crippen LogP contribution in [-0.2, 0) is 21.2 Å². The highest BCUT2D eigenvalue weighted by molar-refractivity contribution is 7.92. The van der Waals surface area contributed by atoms with E-state index >= 15 is 0 Å². The van der Waals surface area contributed by atoms with Crippen molar-refractivity contribution in [1.29, 1.82) is 0 Å². The van der Waals surface area contributed by atoms with Crippen molar-refractivity contribution in [3.63, 3.8) is 0 Å². The number of nitrogens with one attached hydrogen (secondary N) is 1. The van der Waals surface area contributed by atoms with E-state index in [4.69, 9.17) is 9.47 Å². The summed E-state index contributed by atoms with van der Waals surface area (Å²) in [5.41, 5.74) is 3.37. The van der Waals surface area contributed by atoms with Crippen LogP contribution in [0.15, 0.2) is 71.6 Å². The second-order valence-corrected chi connectivity index (χ2v) is 10.2. The Bertz CT molecular complexity index is 1260. The van der Waals surface area contributed by atoms with E-state index in [1.807, 2.05) is 38.1 Å². The average molecular weight is 497 g/mol. The van der Waals surface area contributed by atoms with Gasteiger partial charge in [0.25, 0.3) is 10.0 Å². The molecule has 186 valence electrons. The standard InChI is InChI=1S/C27H32N2O5S/c1-20-10-13-24(14-11-20)35(31,32)29(23-9-5-7-21(2)17-23)19-27(30)28-16-6-8-22-12-15-25(33-3)26(18-22)34-4/h5,7,9-15,17-18H,6,8,16,19H2,1-4H3,(H,28,30). The molecule has 0 radical (unpaired) electrons. The van der Waals surface area contributed by atoms with E-state index in [9.17, 15) is 13.2 Å². The van der Waals surface area contributed by atoms with Crippen LogP contribution in [0, 0.1) is 13.8 Å². The van der Waals surface area contributed by atoms with Gasteiger partial charge in [-0.15, -0.1) is 0 Å². The molecule has 0 saturated heterocycles. The fraction of sp³-hybridized carbons (Fsp3) is 0.296. The average Bonchev–Trinajstić information content (AvgIpc) is 2.85. The largest absolute Gasteiger partial charge is 0.493 e. The summed E-state index contributed by atoms with van der Waals surface area (Å²) < 4.78 is 38.6. The van der Waals surface area contributed by atoms with Gasteiger partial charge in [0.05, 0.1) is 24.8 Å². The van der Waals surface area contributed by atoms with Crippen molar-refractivity contribution in [2.24, 2.45) is 0 Å². The predicted octanol–water partition coefficient (Wildman–Crippen LogP) is 4.26. The monoisotopic (exact) mass is 496 g/mol. The van der Waals surface area contributed by atoms with Gasteiger partial charge >= 0.3 is 0 Å². The first-order valence-electron chi connectivity index (χ1n) is 11.4. The van der Waals surface area contributed by atoms with E-state index in [1.165, 1.54) is 0 Å². The number of hydrogen-bond donors (Lipinski definition) is 1. The third-order valence-electron chi connectivity index (χ3n) is 5.60. The molecule has 35 heavy (non-hydrogen) atoms. The smallest absolute Gasteiger partial charge is 0.264 e. The third kappa shape index (κ3) is 6.76. The van der Waals surface area contributed by atoms with Gasteiger partial charge in [-0.05, 0) is 74.2 Å². The zero-order valence-corrected chi connectivity index (χ0v) is 21.4. The first kappa shape index (κ1) is 26.1. The molecule has 0 aliphatic rings. The third-order valence-corrected chi connectivity index (χ3v) is 7.39. The van der Waals surface area contributed by atoms with Gasteiger partial charge in [0.1, 0.15) is 6.54 Å². The Labute approximate surface area is 207 Å². The van der Waals surface area contributed by atoms with Crippen LogP contribution in [-0.4, -0.2) is 41.6 Å². The molecule has 0 saturated carbocycles. The highest BCUT2D eigenvalue weighted by Crippen LogP contribution is 2.28. The SMILES string of the molecule is COc1ccc(CCCNC(=O)CN(c2cccc(C)c2)S(=O)(=O)c2ccc(C)cc2)cc1OC. The zero-order valence-electron chi connectivity index (χ0n) is 20.6. The Balaban J connectivity index is 1.68. The minimum atomic E-state index is -3.92. The highest BCUT2D eigenvalue weighted by atomic mass is 32.2. The molecule has 8 heteroatoms. The molecule has 0 aliphatic carbocycles. The van der Waals surface area contributed by atoms with Crippen LogP contribution < -0.4 is 19.1 Å². The number of aryl methyl sites for hydroxylation is 3. The molecule has 1 N–H and O–H groups in total. The number of anilines is 1. The van der Waals surface area contributed by atoms with E-state index in [0.717, 1.165) is 27.4 Å². The number of rotatable bonds is 11. The van der Waals surface area contributed by atoms with Gasteiger partial charge in [-0.1, -0.05) is 35.9 Å². The summed E-state index contributed by atoms with van der Waals surface area (Å²) in [6, 6.07) is 19.5. The van der Waals surface area contributed by atoms with Crippen LogP contribution in [0.2, 0.25) is 0 Å². The van der Waals surface area contributed by atoms with Crippen LogP contribution in [0.4, 0.5) is 5.69 Å². The summed E-state index contributed by atoms with van der Waals surface area (Å²) >= 11 is 0. The lowest BCUT2D eigenvalue weighted by Crippen LogP contribution is -2.41. The number of sulfonamides is 1. The molecule has 3 aromatic carbocycles.